The standard InChI is InChI=1S/C15H20N2O/c1-4-12(3)15(18)17-14-10-11(2)7-8-13(14)6-5-9-16/h7-8,10,12H,4,9,16H2,1-3H3,(H,17,18). The molecule has 1 aromatic carbocycles. The van der Waals surface area contributed by atoms with Crippen LogP contribution in [0.1, 0.15) is 31.4 Å². The lowest BCUT2D eigenvalue weighted by Crippen LogP contribution is -2.20. The van der Waals surface area contributed by atoms with Crippen molar-refractivity contribution in [3.63, 3.8) is 0 Å². The first kappa shape index (κ1) is 14.3. The Hall–Kier alpha value is -1.79. The number of anilines is 1. The molecule has 0 radical (unpaired) electrons. The third kappa shape index (κ3) is 3.90. The molecule has 0 saturated heterocycles. The van der Waals surface area contributed by atoms with Gasteiger partial charge in [0.15, 0.2) is 0 Å². The lowest BCUT2D eigenvalue weighted by molar-refractivity contribution is -0.119. The van der Waals surface area contributed by atoms with Crippen LogP contribution in [0.15, 0.2) is 18.2 Å². The number of amides is 1. The predicted molar refractivity (Wildman–Crippen MR) is 75.2 cm³/mol. The van der Waals surface area contributed by atoms with Gasteiger partial charge in [-0.1, -0.05) is 31.8 Å². The minimum atomic E-state index is 0.000768. The van der Waals surface area contributed by atoms with Crippen molar-refractivity contribution in [3.05, 3.63) is 29.3 Å². The highest BCUT2D eigenvalue weighted by Crippen LogP contribution is 2.18. The minimum absolute atomic E-state index is 0.000768. The molecule has 0 heterocycles. The van der Waals surface area contributed by atoms with Crippen LogP contribution in [0.3, 0.4) is 0 Å². The molecule has 3 heteroatoms. The van der Waals surface area contributed by atoms with Gasteiger partial charge in [0.25, 0.3) is 0 Å². The molecule has 0 aromatic heterocycles. The van der Waals surface area contributed by atoms with Crippen LogP contribution < -0.4 is 11.1 Å². The Labute approximate surface area is 109 Å². The molecule has 1 atom stereocenters. The van der Waals surface area contributed by atoms with Crippen molar-refractivity contribution in [3.8, 4) is 11.8 Å². The van der Waals surface area contributed by atoms with Crippen LogP contribution >= 0.6 is 0 Å². The largest absolute Gasteiger partial charge is 0.325 e. The molecule has 1 unspecified atom stereocenters. The van der Waals surface area contributed by atoms with Crippen molar-refractivity contribution in [2.45, 2.75) is 27.2 Å². The second-order valence-corrected chi connectivity index (χ2v) is 4.35. The zero-order chi connectivity index (χ0) is 13.5. The fraction of sp³-hybridized carbons (Fsp3) is 0.400. The maximum atomic E-state index is 11.9. The quantitative estimate of drug-likeness (QED) is 0.801. The maximum absolute atomic E-state index is 11.9. The summed E-state index contributed by atoms with van der Waals surface area (Å²) in [5.74, 6) is 5.81. The normalized spacial score (nSPS) is 11.3. The molecule has 0 fully saturated rings. The van der Waals surface area contributed by atoms with Gasteiger partial charge in [0.2, 0.25) is 5.91 Å². The number of carbonyl (C=O) groups excluding carboxylic acids is 1. The summed E-state index contributed by atoms with van der Waals surface area (Å²) in [5, 5.41) is 2.93. The number of carbonyl (C=O) groups is 1. The average Bonchev–Trinajstić information content (AvgIpc) is 2.36. The van der Waals surface area contributed by atoms with E-state index in [-0.39, 0.29) is 11.8 Å². The summed E-state index contributed by atoms with van der Waals surface area (Å²) in [6.45, 7) is 6.21. The number of nitrogens with two attached hydrogens (primary N) is 1. The SMILES string of the molecule is CCC(C)C(=O)Nc1cc(C)ccc1C#CCN. The highest BCUT2D eigenvalue weighted by molar-refractivity contribution is 5.93. The van der Waals surface area contributed by atoms with Gasteiger partial charge in [-0.3, -0.25) is 4.79 Å². The van der Waals surface area contributed by atoms with Gasteiger partial charge in [-0.2, -0.15) is 0 Å². The first-order valence-corrected chi connectivity index (χ1v) is 6.19. The monoisotopic (exact) mass is 244 g/mol. The van der Waals surface area contributed by atoms with E-state index in [9.17, 15) is 4.79 Å². The van der Waals surface area contributed by atoms with E-state index in [1.165, 1.54) is 0 Å². The van der Waals surface area contributed by atoms with Crippen LogP contribution in [0.25, 0.3) is 0 Å². The van der Waals surface area contributed by atoms with Crippen LogP contribution in [0.2, 0.25) is 0 Å². The first-order chi connectivity index (χ1) is 8.58. The molecule has 0 aliphatic rings. The van der Waals surface area contributed by atoms with E-state index in [2.05, 4.69) is 17.2 Å². The molecule has 0 bridgehead atoms. The van der Waals surface area contributed by atoms with E-state index in [0.717, 1.165) is 23.2 Å². The van der Waals surface area contributed by atoms with Crippen molar-refractivity contribution in [2.75, 3.05) is 11.9 Å². The molecular formula is C15H20N2O. The van der Waals surface area contributed by atoms with Crippen LogP contribution in [0.5, 0.6) is 0 Å². The van der Waals surface area contributed by atoms with E-state index in [1.54, 1.807) is 0 Å². The number of hydrogen-bond acceptors (Lipinski definition) is 2. The maximum Gasteiger partial charge on any atom is 0.227 e. The summed E-state index contributed by atoms with van der Waals surface area (Å²) in [6, 6.07) is 5.81. The third-order valence-electron chi connectivity index (χ3n) is 2.82. The fourth-order valence-corrected chi connectivity index (χ4v) is 1.46. The van der Waals surface area contributed by atoms with Crippen molar-refractivity contribution in [1.29, 1.82) is 0 Å². The molecule has 0 aliphatic carbocycles. The van der Waals surface area contributed by atoms with E-state index < -0.39 is 0 Å². The third-order valence-corrected chi connectivity index (χ3v) is 2.82. The van der Waals surface area contributed by atoms with Gasteiger partial charge < -0.3 is 11.1 Å². The molecule has 3 nitrogen and oxygen atoms in total. The molecular weight excluding hydrogens is 224 g/mol. The highest BCUT2D eigenvalue weighted by Gasteiger charge is 2.12. The summed E-state index contributed by atoms with van der Waals surface area (Å²) < 4.78 is 0. The van der Waals surface area contributed by atoms with E-state index in [4.69, 9.17) is 5.73 Å². The number of benzene rings is 1. The molecule has 0 spiro atoms. The Balaban J connectivity index is 2.99. The Morgan fingerprint density at radius 3 is 2.83 bits per heavy atom. The fourth-order valence-electron chi connectivity index (χ4n) is 1.46. The number of rotatable bonds is 3. The van der Waals surface area contributed by atoms with Gasteiger partial charge in [0, 0.05) is 11.5 Å². The average molecular weight is 244 g/mol. The Morgan fingerprint density at radius 2 is 2.22 bits per heavy atom. The van der Waals surface area contributed by atoms with Crippen LogP contribution in [0.4, 0.5) is 5.69 Å². The van der Waals surface area contributed by atoms with Gasteiger partial charge in [0.1, 0.15) is 0 Å². The zero-order valence-electron chi connectivity index (χ0n) is 11.2. The predicted octanol–water partition coefficient (Wildman–Crippen LogP) is 2.29. The topological polar surface area (TPSA) is 55.1 Å². The second-order valence-electron chi connectivity index (χ2n) is 4.35. The van der Waals surface area contributed by atoms with E-state index >= 15 is 0 Å². The summed E-state index contributed by atoms with van der Waals surface area (Å²) >= 11 is 0. The van der Waals surface area contributed by atoms with Crippen molar-refractivity contribution in [1.82, 2.24) is 0 Å². The molecule has 3 N–H and O–H groups in total. The van der Waals surface area contributed by atoms with Crippen LogP contribution in [-0.2, 0) is 4.79 Å². The number of hydrogen-bond donors (Lipinski definition) is 2. The minimum Gasteiger partial charge on any atom is -0.325 e. The molecule has 1 aromatic rings. The van der Waals surface area contributed by atoms with Crippen LogP contribution in [-0.4, -0.2) is 12.5 Å². The molecule has 96 valence electrons. The second kappa shape index (κ2) is 6.83. The van der Waals surface area contributed by atoms with Crippen LogP contribution in [0, 0.1) is 24.7 Å². The number of aryl methyl sites for hydroxylation is 1. The lowest BCUT2D eigenvalue weighted by Gasteiger charge is -2.12. The van der Waals surface area contributed by atoms with Gasteiger partial charge in [-0.05, 0) is 31.0 Å². The summed E-state index contributed by atoms with van der Waals surface area (Å²) in [6.07, 6.45) is 0.821. The lowest BCUT2D eigenvalue weighted by atomic mass is 10.1. The van der Waals surface area contributed by atoms with Gasteiger partial charge in [0.05, 0.1) is 12.2 Å². The summed E-state index contributed by atoms with van der Waals surface area (Å²) in [7, 11) is 0. The molecule has 1 amide bonds. The van der Waals surface area contributed by atoms with E-state index in [0.29, 0.717) is 6.54 Å². The molecule has 0 saturated carbocycles. The molecule has 1 rings (SSSR count). The Kier molecular flexibility index (Phi) is 5.41. The van der Waals surface area contributed by atoms with E-state index in [1.807, 2.05) is 39.0 Å². The Bertz CT molecular complexity index is 483. The molecule has 0 aliphatic heterocycles. The summed E-state index contributed by atoms with van der Waals surface area (Å²) in [4.78, 5) is 11.9. The van der Waals surface area contributed by atoms with Gasteiger partial charge in [-0.25, -0.2) is 0 Å². The van der Waals surface area contributed by atoms with Gasteiger partial charge >= 0.3 is 0 Å². The molecule has 18 heavy (non-hydrogen) atoms. The van der Waals surface area contributed by atoms with Crippen molar-refractivity contribution < 1.29 is 4.79 Å². The Morgan fingerprint density at radius 1 is 1.50 bits per heavy atom. The highest BCUT2D eigenvalue weighted by atomic mass is 16.1. The van der Waals surface area contributed by atoms with Gasteiger partial charge in [-0.15, -0.1) is 0 Å². The zero-order valence-corrected chi connectivity index (χ0v) is 11.2. The van der Waals surface area contributed by atoms with Crippen molar-refractivity contribution >= 4 is 11.6 Å². The summed E-state index contributed by atoms with van der Waals surface area (Å²) in [5.41, 5.74) is 8.03. The number of nitrogens with one attached hydrogen (secondary N) is 1. The smallest absolute Gasteiger partial charge is 0.227 e. The van der Waals surface area contributed by atoms with Crippen molar-refractivity contribution in [2.24, 2.45) is 11.7 Å². The first-order valence-electron chi connectivity index (χ1n) is 6.19.